The van der Waals surface area contributed by atoms with Crippen molar-refractivity contribution in [3.05, 3.63) is 21.9 Å². The van der Waals surface area contributed by atoms with E-state index in [9.17, 15) is 0 Å². The van der Waals surface area contributed by atoms with Crippen molar-refractivity contribution in [2.75, 3.05) is 0 Å². The van der Waals surface area contributed by atoms with Crippen molar-refractivity contribution in [2.24, 2.45) is 11.8 Å². The molecule has 0 saturated heterocycles. The first kappa shape index (κ1) is 24.3. The fraction of sp³-hybridized carbons (Fsp3) is 0.786. The minimum atomic E-state index is 1.00. The highest BCUT2D eigenvalue weighted by Gasteiger charge is 2.21. The first-order chi connectivity index (χ1) is 14.8. The van der Waals surface area contributed by atoms with Gasteiger partial charge in [-0.15, -0.1) is 22.7 Å². The smallest absolute Gasteiger partial charge is 0.0456 e. The Bertz CT molecular complexity index is 655. The second-order valence-electron chi connectivity index (χ2n) is 9.95. The first-order valence-corrected chi connectivity index (χ1v) is 14.9. The SMILES string of the molecule is CCCCCCCCC[C@H]1CC[C@H](CCc2cc3sc(CCCCC)cc3s2)CC1. The molecule has 0 atom stereocenters. The van der Waals surface area contributed by atoms with Gasteiger partial charge in [-0.2, -0.15) is 0 Å². The van der Waals surface area contributed by atoms with Crippen LogP contribution in [0.5, 0.6) is 0 Å². The lowest BCUT2D eigenvalue weighted by Gasteiger charge is -2.28. The average Bonchev–Trinajstić information content (AvgIpc) is 3.31. The zero-order valence-corrected chi connectivity index (χ0v) is 21.5. The molecule has 0 aromatic carbocycles. The van der Waals surface area contributed by atoms with E-state index in [0.29, 0.717) is 0 Å². The molecule has 1 fully saturated rings. The van der Waals surface area contributed by atoms with Crippen LogP contribution in [0.4, 0.5) is 0 Å². The fourth-order valence-electron chi connectivity index (χ4n) is 5.28. The van der Waals surface area contributed by atoms with Crippen molar-refractivity contribution in [2.45, 2.75) is 129 Å². The Morgan fingerprint density at radius 3 is 1.73 bits per heavy atom. The van der Waals surface area contributed by atoms with Crippen LogP contribution in [-0.2, 0) is 12.8 Å². The molecule has 3 rings (SSSR count). The summed E-state index contributed by atoms with van der Waals surface area (Å²) in [4.78, 5) is 3.25. The van der Waals surface area contributed by atoms with E-state index in [1.807, 2.05) is 0 Å². The van der Waals surface area contributed by atoms with Crippen molar-refractivity contribution < 1.29 is 0 Å². The number of aryl methyl sites for hydroxylation is 2. The van der Waals surface area contributed by atoms with Gasteiger partial charge in [0.15, 0.2) is 0 Å². The molecule has 0 aliphatic heterocycles. The number of hydrogen-bond acceptors (Lipinski definition) is 2. The third kappa shape index (κ3) is 8.30. The van der Waals surface area contributed by atoms with E-state index in [2.05, 4.69) is 48.7 Å². The normalized spacial score (nSPS) is 19.7. The second-order valence-corrected chi connectivity index (χ2v) is 12.3. The van der Waals surface area contributed by atoms with Gasteiger partial charge in [0.05, 0.1) is 0 Å². The van der Waals surface area contributed by atoms with Crippen LogP contribution in [0.2, 0.25) is 0 Å². The van der Waals surface area contributed by atoms with Crippen molar-refractivity contribution in [1.82, 2.24) is 0 Å². The molecule has 2 heteroatoms. The maximum atomic E-state index is 2.51. The van der Waals surface area contributed by atoms with Crippen molar-refractivity contribution in [3.63, 3.8) is 0 Å². The molecule has 2 aromatic heterocycles. The summed E-state index contributed by atoms with van der Waals surface area (Å²) in [5, 5.41) is 0. The second kappa shape index (κ2) is 13.9. The highest BCUT2D eigenvalue weighted by molar-refractivity contribution is 7.27. The number of rotatable bonds is 15. The zero-order valence-electron chi connectivity index (χ0n) is 19.9. The molecule has 0 spiro atoms. The van der Waals surface area contributed by atoms with E-state index in [4.69, 9.17) is 0 Å². The Balaban J connectivity index is 1.28. The van der Waals surface area contributed by atoms with Crippen molar-refractivity contribution in [3.8, 4) is 0 Å². The van der Waals surface area contributed by atoms with Gasteiger partial charge in [-0.1, -0.05) is 104 Å². The molecule has 0 amide bonds. The van der Waals surface area contributed by atoms with Crippen LogP contribution in [0.3, 0.4) is 0 Å². The lowest BCUT2D eigenvalue weighted by Crippen LogP contribution is -2.15. The quantitative estimate of drug-likeness (QED) is 0.239. The van der Waals surface area contributed by atoms with E-state index < -0.39 is 0 Å². The number of fused-ring (bicyclic) bond motifs is 1. The highest BCUT2D eigenvalue weighted by atomic mass is 32.1. The van der Waals surface area contributed by atoms with Gasteiger partial charge >= 0.3 is 0 Å². The molecule has 0 unspecified atom stereocenters. The summed E-state index contributed by atoms with van der Waals surface area (Å²) < 4.78 is 3.11. The molecule has 0 radical (unpaired) electrons. The molecule has 2 aromatic rings. The highest BCUT2D eigenvalue weighted by Crippen LogP contribution is 2.37. The monoisotopic (exact) mass is 446 g/mol. The number of hydrogen-bond donors (Lipinski definition) is 0. The third-order valence-corrected chi connectivity index (χ3v) is 9.73. The van der Waals surface area contributed by atoms with Gasteiger partial charge in [-0.25, -0.2) is 0 Å². The minimum Gasteiger partial charge on any atom is -0.139 e. The zero-order chi connectivity index (χ0) is 21.0. The summed E-state index contributed by atoms with van der Waals surface area (Å²) >= 11 is 4.13. The Labute approximate surface area is 194 Å². The summed E-state index contributed by atoms with van der Waals surface area (Å²) in [6.07, 6.45) is 25.9. The number of thiophene rings is 2. The van der Waals surface area contributed by atoms with Gasteiger partial charge in [0.1, 0.15) is 0 Å². The molecule has 0 bridgehead atoms. The van der Waals surface area contributed by atoms with Gasteiger partial charge in [-0.3, -0.25) is 0 Å². The Morgan fingerprint density at radius 1 is 0.600 bits per heavy atom. The van der Waals surface area contributed by atoms with Gasteiger partial charge in [0.25, 0.3) is 0 Å². The topological polar surface area (TPSA) is 0 Å². The molecule has 1 saturated carbocycles. The van der Waals surface area contributed by atoms with E-state index in [1.54, 1.807) is 19.2 Å². The third-order valence-electron chi connectivity index (χ3n) is 7.32. The van der Waals surface area contributed by atoms with Crippen LogP contribution in [0, 0.1) is 11.8 Å². The summed E-state index contributed by atoms with van der Waals surface area (Å²) in [6, 6.07) is 5.00. The molecule has 170 valence electrons. The molecule has 1 aliphatic rings. The van der Waals surface area contributed by atoms with E-state index >= 15 is 0 Å². The summed E-state index contributed by atoms with van der Waals surface area (Å²) in [6.45, 7) is 4.60. The summed E-state index contributed by atoms with van der Waals surface area (Å²) in [5.74, 6) is 2.05. The van der Waals surface area contributed by atoms with Crippen LogP contribution in [0.1, 0.15) is 126 Å². The van der Waals surface area contributed by atoms with E-state index in [-0.39, 0.29) is 0 Å². The molecular weight excluding hydrogens is 400 g/mol. The summed E-state index contributed by atoms with van der Waals surface area (Å²) in [5.41, 5.74) is 0. The predicted octanol–water partition coefficient (Wildman–Crippen LogP) is 10.6. The molecular formula is C28H46S2. The molecule has 0 N–H and O–H groups in total. The average molecular weight is 447 g/mol. The molecule has 2 heterocycles. The van der Waals surface area contributed by atoms with E-state index in [0.717, 1.165) is 11.8 Å². The van der Waals surface area contributed by atoms with Crippen LogP contribution >= 0.6 is 22.7 Å². The Hall–Kier alpha value is -0.340. The van der Waals surface area contributed by atoms with Crippen LogP contribution in [0.15, 0.2) is 12.1 Å². The largest absolute Gasteiger partial charge is 0.139 e. The Morgan fingerprint density at radius 2 is 1.10 bits per heavy atom. The lowest BCUT2D eigenvalue weighted by molar-refractivity contribution is 0.249. The summed E-state index contributed by atoms with van der Waals surface area (Å²) in [7, 11) is 0. The van der Waals surface area contributed by atoms with Gasteiger partial charge in [0.2, 0.25) is 0 Å². The molecule has 30 heavy (non-hydrogen) atoms. The van der Waals surface area contributed by atoms with Gasteiger partial charge in [0, 0.05) is 19.2 Å². The van der Waals surface area contributed by atoms with E-state index in [1.165, 1.54) is 116 Å². The Kier molecular flexibility index (Phi) is 11.3. The number of unbranched alkanes of at least 4 members (excludes halogenated alkanes) is 8. The van der Waals surface area contributed by atoms with Gasteiger partial charge in [-0.05, 0) is 49.7 Å². The van der Waals surface area contributed by atoms with Crippen LogP contribution in [-0.4, -0.2) is 0 Å². The first-order valence-electron chi connectivity index (χ1n) is 13.3. The fourth-order valence-corrected chi connectivity index (χ4v) is 7.78. The molecule has 1 aliphatic carbocycles. The predicted molar refractivity (Wildman–Crippen MR) is 139 cm³/mol. The minimum absolute atomic E-state index is 1.00. The maximum Gasteiger partial charge on any atom is 0.0456 e. The molecule has 0 nitrogen and oxygen atoms in total. The maximum absolute atomic E-state index is 2.51. The van der Waals surface area contributed by atoms with Crippen LogP contribution < -0.4 is 0 Å². The lowest BCUT2D eigenvalue weighted by atomic mass is 9.78. The van der Waals surface area contributed by atoms with Crippen LogP contribution in [0.25, 0.3) is 9.40 Å². The van der Waals surface area contributed by atoms with Crippen molar-refractivity contribution >= 4 is 32.1 Å². The van der Waals surface area contributed by atoms with Crippen molar-refractivity contribution in [1.29, 1.82) is 0 Å². The van der Waals surface area contributed by atoms with Gasteiger partial charge < -0.3 is 0 Å². The standard InChI is InChI=1S/C28H46S2/c1-3-5-7-8-9-10-12-13-23-15-17-24(18-16-23)19-20-26-22-28-27(30-26)21-25(29-28)14-11-6-4-2/h21-24H,3-20H2,1-2H3/t23-,24-.